The van der Waals surface area contributed by atoms with E-state index < -0.39 is 11.4 Å². The molecule has 1 heterocycles. The zero-order valence-electron chi connectivity index (χ0n) is 9.93. The summed E-state index contributed by atoms with van der Waals surface area (Å²) in [6.07, 6.45) is 3.50. The molecular weight excluding hydrogens is 220 g/mol. The Labute approximate surface area is 99.9 Å². The van der Waals surface area contributed by atoms with Crippen molar-refractivity contribution >= 4 is 11.9 Å². The molecule has 0 fully saturated rings. The van der Waals surface area contributed by atoms with E-state index in [9.17, 15) is 9.59 Å². The van der Waals surface area contributed by atoms with Crippen molar-refractivity contribution in [3.05, 3.63) is 30.1 Å². The number of pyridine rings is 1. The average Bonchev–Trinajstić information content (AvgIpc) is 2.36. The fraction of sp³-hybridized carbons (Fsp3) is 0.417. The van der Waals surface area contributed by atoms with Gasteiger partial charge in [-0.05, 0) is 25.5 Å². The minimum Gasteiger partial charge on any atom is -0.481 e. The van der Waals surface area contributed by atoms with E-state index in [0.717, 1.165) is 0 Å². The number of hydrogen-bond donors (Lipinski definition) is 2. The number of amides is 1. The summed E-state index contributed by atoms with van der Waals surface area (Å²) in [5, 5.41) is 11.7. The van der Waals surface area contributed by atoms with Gasteiger partial charge in [-0.2, -0.15) is 0 Å². The van der Waals surface area contributed by atoms with Crippen LogP contribution in [0.3, 0.4) is 0 Å². The van der Waals surface area contributed by atoms with Crippen molar-refractivity contribution in [1.82, 2.24) is 10.3 Å². The first-order valence-corrected chi connectivity index (χ1v) is 5.41. The maximum absolute atomic E-state index is 11.7. The predicted octanol–water partition coefficient (Wildman–Crippen LogP) is 1.31. The Hall–Kier alpha value is -1.91. The highest BCUT2D eigenvalue weighted by Crippen LogP contribution is 2.19. The first-order valence-electron chi connectivity index (χ1n) is 5.41. The van der Waals surface area contributed by atoms with E-state index in [1.165, 1.54) is 12.4 Å². The summed E-state index contributed by atoms with van der Waals surface area (Å²) in [4.78, 5) is 26.5. The number of aliphatic carboxylic acids is 1. The molecule has 0 radical (unpaired) electrons. The van der Waals surface area contributed by atoms with E-state index in [1.807, 2.05) is 0 Å². The summed E-state index contributed by atoms with van der Waals surface area (Å²) in [5.41, 5.74) is -0.452. The van der Waals surface area contributed by atoms with Crippen molar-refractivity contribution in [3.8, 4) is 0 Å². The molecule has 1 unspecified atom stereocenters. The fourth-order valence-electron chi connectivity index (χ4n) is 1.23. The first kappa shape index (κ1) is 13.2. The van der Waals surface area contributed by atoms with E-state index >= 15 is 0 Å². The van der Waals surface area contributed by atoms with Crippen LogP contribution in [-0.2, 0) is 4.79 Å². The summed E-state index contributed by atoms with van der Waals surface area (Å²) < 4.78 is 0. The van der Waals surface area contributed by atoms with Crippen LogP contribution in [0, 0.1) is 5.41 Å². The number of nitrogens with one attached hydrogen (secondary N) is 1. The lowest BCUT2D eigenvalue weighted by Gasteiger charge is -2.23. The summed E-state index contributed by atoms with van der Waals surface area (Å²) >= 11 is 0. The molecule has 5 nitrogen and oxygen atoms in total. The summed E-state index contributed by atoms with van der Waals surface area (Å²) in [7, 11) is 0. The second kappa shape index (κ2) is 5.43. The number of carbonyl (C=O) groups excluding carboxylic acids is 1. The summed E-state index contributed by atoms with van der Waals surface area (Å²) in [6, 6.07) is 3.17. The van der Waals surface area contributed by atoms with Crippen molar-refractivity contribution in [3.63, 3.8) is 0 Å². The van der Waals surface area contributed by atoms with E-state index in [0.29, 0.717) is 12.0 Å². The van der Waals surface area contributed by atoms with Crippen LogP contribution < -0.4 is 5.32 Å². The zero-order chi connectivity index (χ0) is 12.9. The molecule has 92 valence electrons. The normalized spacial score (nSPS) is 13.8. The number of rotatable bonds is 5. The van der Waals surface area contributed by atoms with Crippen LogP contribution in [0.5, 0.6) is 0 Å². The van der Waals surface area contributed by atoms with Crippen LogP contribution in [0.1, 0.15) is 30.6 Å². The topological polar surface area (TPSA) is 79.3 Å². The Morgan fingerprint density at radius 2 is 2.00 bits per heavy atom. The molecule has 0 saturated carbocycles. The van der Waals surface area contributed by atoms with Gasteiger partial charge in [-0.3, -0.25) is 14.6 Å². The van der Waals surface area contributed by atoms with Crippen LogP contribution in [0.15, 0.2) is 24.5 Å². The molecule has 1 amide bonds. The van der Waals surface area contributed by atoms with Crippen LogP contribution in [0.2, 0.25) is 0 Å². The Bertz CT molecular complexity index is 405. The van der Waals surface area contributed by atoms with Gasteiger partial charge in [0.15, 0.2) is 0 Å². The minimum absolute atomic E-state index is 0.111. The Kier molecular flexibility index (Phi) is 4.20. The predicted molar refractivity (Wildman–Crippen MR) is 62.6 cm³/mol. The molecule has 1 atom stereocenters. The van der Waals surface area contributed by atoms with Gasteiger partial charge in [0.1, 0.15) is 0 Å². The van der Waals surface area contributed by atoms with Crippen LogP contribution in [0.4, 0.5) is 0 Å². The van der Waals surface area contributed by atoms with Crippen molar-refractivity contribution in [2.75, 3.05) is 6.54 Å². The number of aromatic nitrogens is 1. The van der Waals surface area contributed by atoms with E-state index in [2.05, 4.69) is 10.3 Å². The molecule has 0 bridgehead atoms. The Morgan fingerprint density at radius 1 is 1.41 bits per heavy atom. The van der Waals surface area contributed by atoms with Gasteiger partial charge in [-0.15, -0.1) is 0 Å². The number of carboxylic acids is 1. The highest BCUT2D eigenvalue weighted by atomic mass is 16.4. The number of carboxylic acid groups (broad SMARTS) is 1. The van der Waals surface area contributed by atoms with Gasteiger partial charge in [0, 0.05) is 24.5 Å². The van der Waals surface area contributed by atoms with Crippen LogP contribution in [0.25, 0.3) is 0 Å². The molecule has 0 aliphatic heterocycles. The SMILES string of the molecule is CCC(C)(CNC(=O)c1ccncc1)C(=O)O. The highest BCUT2D eigenvalue weighted by Gasteiger charge is 2.31. The van der Waals surface area contributed by atoms with E-state index in [-0.39, 0.29) is 12.5 Å². The molecule has 0 spiro atoms. The van der Waals surface area contributed by atoms with Crippen molar-refractivity contribution < 1.29 is 14.7 Å². The van der Waals surface area contributed by atoms with Gasteiger partial charge >= 0.3 is 5.97 Å². The molecule has 17 heavy (non-hydrogen) atoms. The standard InChI is InChI=1S/C12H16N2O3/c1-3-12(2,11(16)17)8-14-10(15)9-4-6-13-7-5-9/h4-7H,3,8H2,1-2H3,(H,14,15)(H,16,17). The lowest BCUT2D eigenvalue weighted by molar-refractivity contribution is -0.147. The number of hydrogen-bond acceptors (Lipinski definition) is 3. The Balaban J connectivity index is 2.63. The minimum atomic E-state index is -0.928. The van der Waals surface area contributed by atoms with Crippen molar-refractivity contribution in [2.45, 2.75) is 20.3 Å². The molecule has 0 aliphatic rings. The molecule has 0 aromatic carbocycles. The van der Waals surface area contributed by atoms with Crippen LogP contribution >= 0.6 is 0 Å². The zero-order valence-corrected chi connectivity index (χ0v) is 9.93. The third kappa shape index (κ3) is 3.27. The number of nitrogens with zero attached hydrogens (tertiary/aromatic N) is 1. The molecule has 5 heteroatoms. The molecule has 2 N–H and O–H groups in total. The van der Waals surface area contributed by atoms with Gasteiger partial charge < -0.3 is 10.4 Å². The largest absolute Gasteiger partial charge is 0.481 e. The second-order valence-corrected chi connectivity index (χ2v) is 4.14. The van der Waals surface area contributed by atoms with Crippen molar-refractivity contribution in [1.29, 1.82) is 0 Å². The molecule has 1 aromatic rings. The first-order chi connectivity index (χ1) is 7.99. The highest BCUT2D eigenvalue weighted by molar-refractivity contribution is 5.94. The lowest BCUT2D eigenvalue weighted by Crippen LogP contribution is -2.40. The van der Waals surface area contributed by atoms with Gasteiger partial charge in [0.05, 0.1) is 5.41 Å². The summed E-state index contributed by atoms with van der Waals surface area (Å²) in [5.74, 6) is -1.19. The molecule has 0 saturated heterocycles. The fourth-order valence-corrected chi connectivity index (χ4v) is 1.23. The second-order valence-electron chi connectivity index (χ2n) is 4.14. The van der Waals surface area contributed by atoms with Gasteiger partial charge in [0.2, 0.25) is 0 Å². The third-order valence-electron chi connectivity index (χ3n) is 2.88. The maximum Gasteiger partial charge on any atom is 0.311 e. The van der Waals surface area contributed by atoms with Crippen LogP contribution in [-0.4, -0.2) is 28.5 Å². The smallest absolute Gasteiger partial charge is 0.311 e. The van der Waals surface area contributed by atoms with E-state index in [1.54, 1.807) is 26.0 Å². The van der Waals surface area contributed by atoms with Gasteiger partial charge in [-0.25, -0.2) is 0 Å². The molecular formula is C12H16N2O3. The maximum atomic E-state index is 11.7. The number of carbonyl (C=O) groups is 2. The van der Waals surface area contributed by atoms with Crippen molar-refractivity contribution in [2.24, 2.45) is 5.41 Å². The molecule has 1 rings (SSSR count). The van der Waals surface area contributed by atoms with Gasteiger partial charge in [0.25, 0.3) is 5.91 Å². The Morgan fingerprint density at radius 3 is 2.47 bits per heavy atom. The lowest BCUT2D eigenvalue weighted by atomic mass is 9.87. The van der Waals surface area contributed by atoms with E-state index in [4.69, 9.17) is 5.11 Å². The van der Waals surface area contributed by atoms with Gasteiger partial charge in [-0.1, -0.05) is 6.92 Å². The summed E-state index contributed by atoms with van der Waals surface area (Å²) in [6.45, 7) is 3.51. The molecule has 1 aromatic heterocycles. The quantitative estimate of drug-likeness (QED) is 0.807. The molecule has 0 aliphatic carbocycles. The monoisotopic (exact) mass is 236 g/mol. The third-order valence-corrected chi connectivity index (χ3v) is 2.88. The average molecular weight is 236 g/mol.